The molecule has 0 bridgehead atoms. The zero-order valence-electron chi connectivity index (χ0n) is 10.2. The minimum absolute atomic E-state index is 0.219. The molecule has 0 saturated heterocycles. The number of oxime groups is 1. The number of carboxylic acid groups (broad SMARTS) is 1. The monoisotopic (exact) mass is 246 g/mol. The normalized spacial score (nSPS) is 11.7. The van der Waals surface area contributed by atoms with E-state index in [1.54, 1.807) is 18.2 Å². The van der Waals surface area contributed by atoms with E-state index in [9.17, 15) is 4.79 Å². The van der Waals surface area contributed by atoms with Gasteiger partial charge in [-0.1, -0.05) is 5.16 Å². The average molecular weight is 246 g/mol. The van der Waals surface area contributed by atoms with Crippen LogP contribution in [0.5, 0.6) is 0 Å². The highest BCUT2D eigenvalue weighted by atomic mass is 16.4. The zero-order valence-corrected chi connectivity index (χ0v) is 10.2. The summed E-state index contributed by atoms with van der Waals surface area (Å²) in [5.41, 5.74) is 1.84. The summed E-state index contributed by atoms with van der Waals surface area (Å²) in [4.78, 5) is 11.0. The van der Waals surface area contributed by atoms with Crippen molar-refractivity contribution in [3.63, 3.8) is 0 Å². The van der Waals surface area contributed by atoms with Gasteiger partial charge in [0.1, 0.15) is 0 Å². The van der Waals surface area contributed by atoms with Crippen LogP contribution < -0.4 is 0 Å². The Morgan fingerprint density at radius 3 is 2.72 bits per heavy atom. The molecule has 0 aliphatic heterocycles. The molecule has 5 heteroatoms. The molecule has 1 heterocycles. The second-order valence-electron chi connectivity index (χ2n) is 4.37. The van der Waals surface area contributed by atoms with Gasteiger partial charge in [-0.2, -0.15) is 0 Å². The maximum Gasteiger partial charge on any atom is 0.335 e. The van der Waals surface area contributed by atoms with Gasteiger partial charge in [0.2, 0.25) is 0 Å². The standard InChI is InChI=1S/C13H14N2O3/c1-8(2)15-7-10(6-14-18)11-5-9(13(16)17)3-4-12(11)15/h3-8,18H,1-2H3,(H,16,17). The molecular weight excluding hydrogens is 232 g/mol. The number of aromatic carboxylic acids is 1. The highest BCUT2D eigenvalue weighted by Crippen LogP contribution is 2.25. The van der Waals surface area contributed by atoms with Gasteiger partial charge in [0.15, 0.2) is 0 Å². The Morgan fingerprint density at radius 2 is 2.17 bits per heavy atom. The molecule has 0 radical (unpaired) electrons. The lowest BCUT2D eigenvalue weighted by Gasteiger charge is -2.08. The maximum absolute atomic E-state index is 11.0. The molecule has 0 aliphatic carbocycles. The largest absolute Gasteiger partial charge is 0.478 e. The van der Waals surface area contributed by atoms with E-state index in [1.165, 1.54) is 6.21 Å². The van der Waals surface area contributed by atoms with E-state index >= 15 is 0 Å². The van der Waals surface area contributed by atoms with Crippen LogP contribution in [0.25, 0.3) is 10.9 Å². The van der Waals surface area contributed by atoms with E-state index in [0.29, 0.717) is 5.56 Å². The SMILES string of the molecule is CC(C)n1cc(C=NO)c2cc(C(=O)O)ccc21. The van der Waals surface area contributed by atoms with Crippen LogP contribution in [-0.4, -0.2) is 27.1 Å². The summed E-state index contributed by atoms with van der Waals surface area (Å²) in [6.45, 7) is 4.06. The fraction of sp³-hybridized carbons (Fsp3) is 0.231. The van der Waals surface area contributed by atoms with Gasteiger partial charge in [-0.3, -0.25) is 0 Å². The highest BCUT2D eigenvalue weighted by molar-refractivity contribution is 6.02. The molecular formula is C13H14N2O3. The Hall–Kier alpha value is -2.30. The van der Waals surface area contributed by atoms with E-state index < -0.39 is 5.97 Å². The van der Waals surface area contributed by atoms with Crippen molar-refractivity contribution < 1.29 is 15.1 Å². The Labute approximate surface area is 104 Å². The van der Waals surface area contributed by atoms with Crippen LogP contribution in [0.3, 0.4) is 0 Å². The third-order valence-electron chi connectivity index (χ3n) is 2.86. The molecule has 0 atom stereocenters. The Kier molecular flexibility index (Phi) is 3.06. The van der Waals surface area contributed by atoms with E-state index in [-0.39, 0.29) is 11.6 Å². The first kappa shape index (κ1) is 12.2. The molecule has 5 nitrogen and oxygen atoms in total. The molecule has 2 rings (SSSR count). The number of benzene rings is 1. The number of carbonyl (C=O) groups is 1. The quantitative estimate of drug-likeness (QED) is 0.496. The van der Waals surface area contributed by atoms with Gasteiger partial charge < -0.3 is 14.9 Å². The summed E-state index contributed by atoms with van der Waals surface area (Å²) >= 11 is 0. The molecule has 0 unspecified atom stereocenters. The average Bonchev–Trinajstić information content (AvgIpc) is 2.68. The van der Waals surface area contributed by atoms with Gasteiger partial charge in [0.25, 0.3) is 0 Å². The molecule has 2 N–H and O–H groups in total. The van der Waals surface area contributed by atoms with Crippen molar-refractivity contribution >= 4 is 23.1 Å². The molecule has 0 aliphatic rings. The van der Waals surface area contributed by atoms with Crippen molar-refractivity contribution in [2.24, 2.45) is 5.16 Å². The van der Waals surface area contributed by atoms with Crippen LogP contribution in [0.2, 0.25) is 0 Å². The fourth-order valence-corrected chi connectivity index (χ4v) is 2.01. The highest BCUT2D eigenvalue weighted by Gasteiger charge is 2.12. The van der Waals surface area contributed by atoms with E-state index in [4.69, 9.17) is 10.3 Å². The fourth-order valence-electron chi connectivity index (χ4n) is 2.01. The number of aromatic nitrogens is 1. The van der Waals surface area contributed by atoms with Gasteiger partial charge in [-0.05, 0) is 32.0 Å². The van der Waals surface area contributed by atoms with Gasteiger partial charge in [-0.25, -0.2) is 4.79 Å². The number of hydrogen-bond donors (Lipinski definition) is 2. The minimum Gasteiger partial charge on any atom is -0.478 e. The van der Waals surface area contributed by atoms with Gasteiger partial charge in [0.05, 0.1) is 11.8 Å². The molecule has 94 valence electrons. The van der Waals surface area contributed by atoms with Crippen molar-refractivity contribution in [2.75, 3.05) is 0 Å². The first-order valence-corrected chi connectivity index (χ1v) is 5.60. The number of nitrogens with zero attached hydrogens (tertiary/aromatic N) is 2. The number of hydrogen-bond acceptors (Lipinski definition) is 3. The first-order chi connectivity index (χ1) is 8.54. The van der Waals surface area contributed by atoms with Gasteiger partial charge >= 0.3 is 5.97 Å². The molecule has 18 heavy (non-hydrogen) atoms. The second kappa shape index (κ2) is 4.52. The maximum atomic E-state index is 11.0. The minimum atomic E-state index is -0.971. The predicted octanol–water partition coefficient (Wildman–Crippen LogP) is 2.73. The number of fused-ring (bicyclic) bond motifs is 1. The number of carboxylic acids is 1. The summed E-state index contributed by atoms with van der Waals surface area (Å²) in [5.74, 6) is -0.971. The third kappa shape index (κ3) is 1.95. The van der Waals surface area contributed by atoms with Crippen LogP contribution in [0.4, 0.5) is 0 Å². The van der Waals surface area contributed by atoms with Crippen molar-refractivity contribution in [1.82, 2.24) is 4.57 Å². The van der Waals surface area contributed by atoms with E-state index in [1.807, 2.05) is 24.6 Å². The summed E-state index contributed by atoms with van der Waals surface area (Å²) in [6.07, 6.45) is 3.16. The van der Waals surface area contributed by atoms with Crippen molar-refractivity contribution in [1.29, 1.82) is 0 Å². The lowest BCUT2D eigenvalue weighted by Crippen LogP contribution is -1.99. The van der Waals surface area contributed by atoms with Gasteiger partial charge in [-0.15, -0.1) is 0 Å². The van der Waals surface area contributed by atoms with Crippen LogP contribution in [0.1, 0.15) is 35.8 Å². The predicted molar refractivity (Wildman–Crippen MR) is 68.7 cm³/mol. The zero-order chi connectivity index (χ0) is 13.3. The summed E-state index contributed by atoms with van der Waals surface area (Å²) < 4.78 is 2.01. The van der Waals surface area contributed by atoms with Crippen LogP contribution in [-0.2, 0) is 0 Å². The molecule has 2 aromatic rings. The Morgan fingerprint density at radius 1 is 1.44 bits per heavy atom. The smallest absolute Gasteiger partial charge is 0.335 e. The molecule has 1 aromatic carbocycles. The topological polar surface area (TPSA) is 74.8 Å². The van der Waals surface area contributed by atoms with Gasteiger partial charge in [0, 0.05) is 28.7 Å². The molecule has 1 aromatic heterocycles. The van der Waals surface area contributed by atoms with Crippen molar-refractivity contribution in [2.45, 2.75) is 19.9 Å². The summed E-state index contributed by atoms with van der Waals surface area (Å²) in [6, 6.07) is 5.17. The molecule has 0 fully saturated rings. The van der Waals surface area contributed by atoms with Crippen LogP contribution in [0, 0.1) is 0 Å². The van der Waals surface area contributed by atoms with E-state index in [0.717, 1.165) is 10.9 Å². The van der Waals surface area contributed by atoms with Crippen molar-refractivity contribution in [3.8, 4) is 0 Å². The Balaban J connectivity index is 2.75. The second-order valence-corrected chi connectivity index (χ2v) is 4.37. The molecule has 0 saturated carbocycles. The third-order valence-corrected chi connectivity index (χ3v) is 2.86. The molecule has 0 amide bonds. The number of rotatable bonds is 3. The van der Waals surface area contributed by atoms with Crippen LogP contribution >= 0.6 is 0 Å². The first-order valence-electron chi connectivity index (χ1n) is 5.60. The Bertz CT molecular complexity index is 626. The lowest BCUT2D eigenvalue weighted by atomic mass is 10.1. The lowest BCUT2D eigenvalue weighted by molar-refractivity contribution is 0.0697. The summed E-state index contributed by atoms with van der Waals surface area (Å²) in [7, 11) is 0. The molecule has 0 spiro atoms. The van der Waals surface area contributed by atoms with Crippen LogP contribution in [0.15, 0.2) is 29.6 Å². The van der Waals surface area contributed by atoms with E-state index in [2.05, 4.69) is 5.16 Å². The van der Waals surface area contributed by atoms with Crippen molar-refractivity contribution in [3.05, 3.63) is 35.5 Å². The summed E-state index contributed by atoms with van der Waals surface area (Å²) in [5, 5.41) is 21.4.